The fourth-order valence-corrected chi connectivity index (χ4v) is 4.79. The van der Waals surface area contributed by atoms with E-state index in [1.165, 1.54) is 6.07 Å². The van der Waals surface area contributed by atoms with Crippen molar-refractivity contribution in [1.82, 2.24) is 0 Å². The number of benzene rings is 2. The van der Waals surface area contributed by atoms with Crippen LogP contribution in [0.2, 0.25) is 5.02 Å². The number of hydrogen-bond donors (Lipinski definition) is 1. The average molecular weight is 416 g/mol. The monoisotopic (exact) mass is 415 g/mol. The maximum absolute atomic E-state index is 13.6. The highest BCUT2D eigenvalue weighted by atomic mass is 35.5. The molecular formula is C22H19ClFNO2S. The minimum atomic E-state index is -0.711. The van der Waals surface area contributed by atoms with Gasteiger partial charge in [-0.15, -0.1) is 11.3 Å². The summed E-state index contributed by atoms with van der Waals surface area (Å²) in [7, 11) is 0. The first kappa shape index (κ1) is 19.1. The SMILES string of the molecule is CCCC1(c2cccs2)OCC(=O)Nc2ccc(-c3ccc(F)c(Cl)c3)cc21. The van der Waals surface area contributed by atoms with Crippen molar-refractivity contribution in [3.63, 3.8) is 0 Å². The van der Waals surface area contributed by atoms with E-state index in [0.717, 1.165) is 40.1 Å². The van der Waals surface area contributed by atoms with Crippen molar-refractivity contribution in [3.8, 4) is 11.1 Å². The first-order valence-corrected chi connectivity index (χ1v) is 10.4. The van der Waals surface area contributed by atoms with Gasteiger partial charge in [-0.1, -0.05) is 43.1 Å². The number of halogens is 2. The molecule has 1 aromatic heterocycles. The van der Waals surface area contributed by atoms with Crippen LogP contribution >= 0.6 is 22.9 Å². The highest BCUT2D eigenvalue weighted by Gasteiger charge is 2.40. The molecule has 0 radical (unpaired) electrons. The van der Waals surface area contributed by atoms with Crippen LogP contribution in [0.1, 0.15) is 30.2 Å². The van der Waals surface area contributed by atoms with E-state index in [4.69, 9.17) is 16.3 Å². The highest BCUT2D eigenvalue weighted by Crippen LogP contribution is 2.46. The number of nitrogens with one attached hydrogen (secondary N) is 1. The van der Waals surface area contributed by atoms with Crippen molar-refractivity contribution in [3.05, 3.63) is 75.2 Å². The lowest BCUT2D eigenvalue weighted by Crippen LogP contribution is -2.31. The number of anilines is 1. The number of carbonyl (C=O) groups is 1. The van der Waals surface area contributed by atoms with Gasteiger partial charge in [-0.05, 0) is 53.3 Å². The number of thiophene rings is 1. The van der Waals surface area contributed by atoms with Crippen LogP contribution in [0.15, 0.2) is 53.9 Å². The molecule has 4 rings (SSSR count). The van der Waals surface area contributed by atoms with E-state index in [0.29, 0.717) is 0 Å². The first-order chi connectivity index (χ1) is 13.5. The first-order valence-electron chi connectivity index (χ1n) is 9.11. The van der Waals surface area contributed by atoms with E-state index in [-0.39, 0.29) is 17.5 Å². The van der Waals surface area contributed by atoms with Gasteiger partial charge in [0.2, 0.25) is 5.91 Å². The smallest absolute Gasteiger partial charge is 0.250 e. The molecule has 1 N–H and O–H groups in total. The van der Waals surface area contributed by atoms with Gasteiger partial charge in [-0.3, -0.25) is 4.79 Å². The molecule has 144 valence electrons. The summed E-state index contributed by atoms with van der Waals surface area (Å²) in [6, 6.07) is 14.5. The fourth-order valence-electron chi connectivity index (χ4n) is 3.69. The number of carbonyl (C=O) groups excluding carboxylic acids is 1. The van der Waals surface area contributed by atoms with Crippen LogP contribution in [0, 0.1) is 5.82 Å². The molecule has 0 bridgehead atoms. The molecule has 0 saturated heterocycles. The Bertz CT molecular complexity index is 1020. The molecule has 2 heterocycles. The number of rotatable bonds is 4. The van der Waals surface area contributed by atoms with Crippen LogP contribution < -0.4 is 5.32 Å². The Kier molecular flexibility index (Phi) is 5.23. The fraction of sp³-hybridized carbons (Fsp3) is 0.227. The van der Waals surface area contributed by atoms with E-state index < -0.39 is 11.4 Å². The zero-order valence-corrected chi connectivity index (χ0v) is 16.9. The van der Waals surface area contributed by atoms with Gasteiger partial charge in [0.25, 0.3) is 0 Å². The van der Waals surface area contributed by atoms with Crippen LogP contribution in [-0.2, 0) is 15.1 Å². The van der Waals surface area contributed by atoms with Crippen molar-refractivity contribution >= 4 is 34.5 Å². The molecule has 1 atom stereocenters. The van der Waals surface area contributed by atoms with Gasteiger partial charge in [0.05, 0.1) is 5.02 Å². The second kappa shape index (κ2) is 7.66. The van der Waals surface area contributed by atoms with E-state index in [1.54, 1.807) is 23.5 Å². The lowest BCUT2D eigenvalue weighted by atomic mass is 9.84. The summed E-state index contributed by atoms with van der Waals surface area (Å²) >= 11 is 7.60. The predicted octanol–water partition coefficient (Wildman–Crippen LogP) is 6.22. The normalized spacial score (nSPS) is 19.0. The van der Waals surface area contributed by atoms with Crippen LogP contribution in [0.5, 0.6) is 0 Å². The molecule has 1 aliphatic heterocycles. The summed E-state index contributed by atoms with van der Waals surface area (Å²) < 4.78 is 19.9. The summed E-state index contributed by atoms with van der Waals surface area (Å²) in [6.07, 6.45) is 1.63. The summed E-state index contributed by atoms with van der Waals surface area (Å²) in [6.45, 7) is 2.09. The van der Waals surface area contributed by atoms with Crippen molar-refractivity contribution in [2.75, 3.05) is 11.9 Å². The maximum Gasteiger partial charge on any atom is 0.250 e. The number of fused-ring (bicyclic) bond motifs is 1. The van der Waals surface area contributed by atoms with Gasteiger partial charge in [0.1, 0.15) is 18.0 Å². The second-order valence-corrected chi connectivity index (χ2v) is 8.14. The Labute approximate surface area is 172 Å². The van der Waals surface area contributed by atoms with Crippen LogP contribution in [0.3, 0.4) is 0 Å². The summed E-state index contributed by atoms with van der Waals surface area (Å²) in [4.78, 5) is 13.3. The molecule has 6 heteroatoms. The standard InChI is InChI=1S/C22H19ClFNO2S/c1-2-9-22(20-4-3-10-28-20)16-11-14(15-5-7-18(24)17(23)12-15)6-8-19(16)25-21(26)13-27-22/h3-8,10-12H,2,9,13H2,1H3,(H,25,26). The molecule has 2 aromatic carbocycles. The van der Waals surface area contributed by atoms with Crippen LogP contribution in [-0.4, -0.2) is 12.5 Å². The van der Waals surface area contributed by atoms with Crippen LogP contribution in [0.25, 0.3) is 11.1 Å². The van der Waals surface area contributed by atoms with E-state index in [2.05, 4.69) is 12.2 Å². The number of hydrogen-bond acceptors (Lipinski definition) is 3. The zero-order valence-electron chi connectivity index (χ0n) is 15.3. The maximum atomic E-state index is 13.6. The molecule has 0 aliphatic carbocycles. The molecule has 0 fully saturated rings. The van der Waals surface area contributed by atoms with Crippen LogP contribution in [0.4, 0.5) is 10.1 Å². The van der Waals surface area contributed by atoms with Crippen molar-refractivity contribution in [2.24, 2.45) is 0 Å². The molecule has 1 aliphatic rings. The van der Waals surface area contributed by atoms with E-state index in [9.17, 15) is 9.18 Å². The van der Waals surface area contributed by atoms with Crippen molar-refractivity contribution < 1.29 is 13.9 Å². The Balaban J connectivity index is 1.92. The van der Waals surface area contributed by atoms with Gasteiger partial charge < -0.3 is 10.1 Å². The lowest BCUT2D eigenvalue weighted by Gasteiger charge is -2.33. The molecule has 0 spiro atoms. The van der Waals surface area contributed by atoms with Gasteiger partial charge in [-0.25, -0.2) is 4.39 Å². The zero-order chi connectivity index (χ0) is 19.7. The minimum Gasteiger partial charge on any atom is -0.355 e. The molecular weight excluding hydrogens is 397 g/mol. The van der Waals surface area contributed by atoms with E-state index >= 15 is 0 Å². The number of amides is 1. The highest BCUT2D eigenvalue weighted by molar-refractivity contribution is 7.10. The van der Waals surface area contributed by atoms with Gasteiger partial charge >= 0.3 is 0 Å². The molecule has 1 amide bonds. The molecule has 1 unspecified atom stereocenters. The molecule has 28 heavy (non-hydrogen) atoms. The van der Waals surface area contributed by atoms with Gasteiger partial charge in [0.15, 0.2) is 0 Å². The predicted molar refractivity (Wildman–Crippen MR) is 111 cm³/mol. The Morgan fingerprint density at radius 1 is 1.21 bits per heavy atom. The molecule has 3 aromatic rings. The Morgan fingerprint density at radius 3 is 2.71 bits per heavy atom. The molecule has 3 nitrogen and oxygen atoms in total. The van der Waals surface area contributed by atoms with E-state index in [1.807, 2.05) is 35.7 Å². The van der Waals surface area contributed by atoms with Crippen molar-refractivity contribution in [1.29, 1.82) is 0 Å². The lowest BCUT2D eigenvalue weighted by molar-refractivity contribution is -0.125. The van der Waals surface area contributed by atoms with Gasteiger partial charge in [-0.2, -0.15) is 0 Å². The summed E-state index contributed by atoms with van der Waals surface area (Å²) in [5.74, 6) is -0.622. The Hall–Kier alpha value is -2.21. The third-order valence-electron chi connectivity index (χ3n) is 4.95. The third kappa shape index (κ3) is 3.34. The topological polar surface area (TPSA) is 38.3 Å². The second-order valence-electron chi connectivity index (χ2n) is 6.78. The van der Waals surface area contributed by atoms with Crippen molar-refractivity contribution in [2.45, 2.75) is 25.4 Å². The van der Waals surface area contributed by atoms with Gasteiger partial charge in [0, 0.05) is 16.1 Å². The summed E-state index contributed by atoms with van der Waals surface area (Å²) in [5.41, 5.74) is 2.62. The quantitative estimate of drug-likeness (QED) is 0.549. The largest absolute Gasteiger partial charge is 0.355 e. The average Bonchev–Trinajstić information content (AvgIpc) is 3.19. The Morgan fingerprint density at radius 2 is 2.00 bits per heavy atom. The minimum absolute atomic E-state index is 0.00963. The third-order valence-corrected chi connectivity index (χ3v) is 6.26. The summed E-state index contributed by atoms with van der Waals surface area (Å²) in [5, 5.41) is 5.04. The molecule has 0 saturated carbocycles. The number of ether oxygens (including phenoxy) is 1.